The zero-order valence-corrected chi connectivity index (χ0v) is 19.2. The molecule has 0 radical (unpaired) electrons. The van der Waals surface area contributed by atoms with Crippen LogP contribution in [0.4, 0.5) is 0 Å². The van der Waals surface area contributed by atoms with E-state index in [1.54, 1.807) is 0 Å². The van der Waals surface area contributed by atoms with Crippen LogP contribution >= 0.6 is 11.6 Å². The summed E-state index contributed by atoms with van der Waals surface area (Å²) in [6.07, 6.45) is 6.01. The van der Waals surface area contributed by atoms with Crippen LogP contribution in [0.15, 0.2) is 54.7 Å². The normalized spacial score (nSPS) is 16.5. The Morgan fingerprint density at radius 1 is 1.16 bits per heavy atom. The average molecular weight is 438 g/mol. The van der Waals surface area contributed by atoms with Crippen molar-refractivity contribution < 1.29 is 4.79 Å². The number of nitrogens with one attached hydrogen (secondary N) is 1. The molecule has 31 heavy (non-hydrogen) atoms. The quantitative estimate of drug-likeness (QED) is 0.552. The van der Waals surface area contributed by atoms with Crippen molar-refractivity contribution in [3.05, 3.63) is 70.9 Å². The third-order valence-electron chi connectivity index (χ3n) is 6.48. The Hall–Kier alpha value is -2.30. The van der Waals surface area contributed by atoms with Crippen molar-refractivity contribution in [2.45, 2.75) is 45.2 Å². The third kappa shape index (κ3) is 5.50. The molecular formula is C26H32ClN3O. The highest BCUT2D eigenvalue weighted by molar-refractivity contribution is 6.31. The zero-order chi connectivity index (χ0) is 21.8. The molecule has 0 bridgehead atoms. The topological polar surface area (TPSA) is 37.3 Å². The van der Waals surface area contributed by atoms with Crippen molar-refractivity contribution in [1.82, 2.24) is 14.8 Å². The first-order valence-electron chi connectivity index (χ1n) is 11.3. The molecule has 0 aliphatic carbocycles. The van der Waals surface area contributed by atoms with Gasteiger partial charge < -0.3 is 9.88 Å². The lowest BCUT2D eigenvalue weighted by molar-refractivity contribution is -0.127. The lowest BCUT2D eigenvalue weighted by Crippen LogP contribution is -2.43. The van der Waals surface area contributed by atoms with Crippen LogP contribution in [0.1, 0.15) is 37.3 Å². The summed E-state index contributed by atoms with van der Waals surface area (Å²) in [6, 6.07) is 16.8. The first-order chi connectivity index (χ1) is 15.0. The first kappa shape index (κ1) is 21.9. The summed E-state index contributed by atoms with van der Waals surface area (Å²) in [4.78, 5) is 15.2. The molecule has 5 heteroatoms. The maximum atomic E-state index is 12.8. The molecule has 1 N–H and O–H groups in total. The molecule has 1 amide bonds. The number of carbonyl (C=O) groups is 1. The van der Waals surface area contributed by atoms with Crippen molar-refractivity contribution in [3.63, 3.8) is 0 Å². The van der Waals surface area contributed by atoms with Gasteiger partial charge in [-0.05, 0) is 75.0 Å². The maximum Gasteiger partial charge on any atom is 0.223 e. The molecule has 1 aliphatic heterocycles. The van der Waals surface area contributed by atoms with E-state index in [1.807, 2.05) is 12.1 Å². The fraction of sp³-hybridized carbons (Fsp3) is 0.423. The summed E-state index contributed by atoms with van der Waals surface area (Å²) < 4.78 is 2.16. The van der Waals surface area contributed by atoms with Gasteiger partial charge in [-0.15, -0.1) is 0 Å². The molecule has 1 saturated heterocycles. The van der Waals surface area contributed by atoms with E-state index in [1.165, 1.54) is 22.0 Å². The minimum atomic E-state index is 0.123. The van der Waals surface area contributed by atoms with E-state index < -0.39 is 0 Å². The van der Waals surface area contributed by atoms with Gasteiger partial charge in [0.05, 0.1) is 0 Å². The van der Waals surface area contributed by atoms with Crippen LogP contribution in [0, 0.1) is 5.92 Å². The summed E-state index contributed by atoms with van der Waals surface area (Å²) in [5.74, 6) is 0.342. The molecule has 2 aromatic carbocycles. The molecule has 0 unspecified atom stereocenters. The number of fused-ring (bicyclic) bond motifs is 1. The number of halogens is 1. The van der Waals surface area contributed by atoms with Gasteiger partial charge in [0.25, 0.3) is 0 Å². The highest BCUT2D eigenvalue weighted by Crippen LogP contribution is 2.27. The minimum Gasteiger partial charge on any atom is -0.353 e. The van der Waals surface area contributed by atoms with Crippen molar-refractivity contribution in [2.75, 3.05) is 13.1 Å². The van der Waals surface area contributed by atoms with Crippen molar-refractivity contribution in [1.29, 1.82) is 0 Å². The number of benzene rings is 2. The van der Waals surface area contributed by atoms with Crippen molar-refractivity contribution >= 4 is 28.4 Å². The molecular weight excluding hydrogens is 406 g/mol. The Balaban J connectivity index is 1.26. The third-order valence-corrected chi connectivity index (χ3v) is 6.72. The monoisotopic (exact) mass is 437 g/mol. The Kier molecular flexibility index (Phi) is 6.99. The van der Waals surface area contributed by atoms with Gasteiger partial charge in [0.15, 0.2) is 0 Å². The molecule has 4 rings (SSSR count). The van der Waals surface area contributed by atoms with Gasteiger partial charge in [0.2, 0.25) is 5.91 Å². The van der Waals surface area contributed by atoms with Gasteiger partial charge in [-0.3, -0.25) is 9.69 Å². The summed E-state index contributed by atoms with van der Waals surface area (Å²) in [6.45, 7) is 4.92. The Labute approximate surface area is 190 Å². The van der Waals surface area contributed by atoms with Gasteiger partial charge in [0.1, 0.15) is 0 Å². The largest absolute Gasteiger partial charge is 0.353 e. The van der Waals surface area contributed by atoms with Gasteiger partial charge in [-0.25, -0.2) is 0 Å². The lowest BCUT2D eigenvalue weighted by Gasteiger charge is -2.31. The second-order valence-electron chi connectivity index (χ2n) is 8.91. The number of hydrogen-bond acceptors (Lipinski definition) is 2. The maximum absolute atomic E-state index is 12.8. The molecule has 2 heterocycles. The van der Waals surface area contributed by atoms with Crippen LogP contribution in [0.2, 0.25) is 5.02 Å². The number of amides is 1. The highest BCUT2D eigenvalue weighted by Gasteiger charge is 2.26. The standard InChI is InChI=1S/C26H32ClN3O/c1-19(8-9-20-6-4-3-5-7-20)28-26(31)21-12-14-30(15-13-21)18-22-17-29(2)25-11-10-23(27)16-24(22)25/h3-7,10-11,16-17,19,21H,8-9,12-15,18H2,1-2H3,(H,28,31)/t19-/m1/s1. The van der Waals surface area contributed by atoms with Crippen LogP contribution in [-0.4, -0.2) is 34.5 Å². The fourth-order valence-electron chi connectivity index (χ4n) is 4.63. The molecule has 0 saturated carbocycles. The number of aromatic nitrogens is 1. The van der Waals surface area contributed by atoms with E-state index in [-0.39, 0.29) is 17.9 Å². The molecule has 1 fully saturated rings. The number of likely N-dealkylation sites (tertiary alicyclic amines) is 1. The molecule has 3 aromatic rings. The summed E-state index contributed by atoms with van der Waals surface area (Å²) in [7, 11) is 2.08. The Bertz CT molecular complexity index is 1020. The summed E-state index contributed by atoms with van der Waals surface area (Å²) >= 11 is 6.23. The van der Waals surface area contributed by atoms with E-state index in [0.717, 1.165) is 50.3 Å². The second-order valence-corrected chi connectivity index (χ2v) is 9.35. The zero-order valence-electron chi connectivity index (χ0n) is 18.5. The number of nitrogens with zero attached hydrogens (tertiary/aromatic N) is 2. The summed E-state index contributed by atoms with van der Waals surface area (Å²) in [5, 5.41) is 5.24. The van der Waals surface area contributed by atoms with E-state index in [4.69, 9.17) is 11.6 Å². The summed E-state index contributed by atoms with van der Waals surface area (Å²) in [5.41, 5.74) is 3.84. The number of piperidine rings is 1. The lowest BCUT2D eigenvalue weighted by atomic mass is 9.95. The molecule has 1 atom stereocenters. The van der Waals surface area contributed by atoms with Crippen LogP contribution in [0.3, 0.4) is 0 Å². The van der Waals surface area contributed by atoms with Crippen LogP contribution in [0.5, 0.6) is 0 Å². The first-order valence-corrected chi connectivity index (χ1v) is 11.7. The Morgan fingerprint density at radius 3 is 2.65 bits per heavy atom. The second kappa shape index (κ2) is 9.88. The van der Waals surface area contributed by atoms with E-state index in [9.17, 15) is 4.79 Å². The van der Waals surface area contributed by atoms with E-state index in [2.05, 4.69) is 71.4 Å². The van der Waals surface area contributed by atoms with Crippen LogP contribution in [-0.2, 0) is 24.8 Å². The van der Waals surface area contributed by atoms with Crippen molar-refractivity contribution in [3.8, 4) is 0 Å². The predicted molar refractivity (Wildman–Crippen MR) is 128 cm³/mol. The van der Waals surface area contributed by atoms with Crippen LogP contribution < -0.4 is 5.32 Å². The molecule has 4 nitrogen and oxygen atoms in total. The molecule has 1 aromatic heterocycles. The van der Waals surface area contributed by atoms with Crippen molar-refractivity contribution in [2.24, 2.45) is 13.0 Å². The van der Waals surface area contributed by atoms with Gasteiger partial charge in [0, 0.05) is 47.7 Å². The number of hydrogen-bond donors (Lipinski definition) is 1. The average Bonchev–Trinajstić information content (AvgIpc) is 3.08. The SMILES string of the molecule is C[C@H](CCc1ccccc1)NC(=O)C1CCN(Cc2cn(C)c3ccc(Cl)cc23)CC1. The molecule has 1 aliphatic rings. The van der Waals surface area contributed by atoms with E-state index >= 15 is 0 Å². The number of carbonyl (C=O) groups excluding carboxylic acids is 1. The fourth-order valence-corrected chi connectivity index (χ4v) is 4.80. The smallest absolute Gasteiger partial charge is 0.223 e. The number of aryl methyl sites for hydroxylation is 2. The van der Waals surface area contributed by atoms with Gasteiger partial charge in [-0.2, -0.15) is 0 Å². The molecule has 164 valence electrons. The van der Waals surface area contributed by atoms with Gasteiger partial charge >= 0.3 is 0 Å². The molecule has 0 spiro atoms. The number of rotatable bonds is 7. The van der Waals surface area contributed by atoms with Crippen LogP contribution in [0.25, 0.3) is 10.9 Å². The van der Waals surface area contributed by atoms with Gasteiger partial charge in [-0.1, -0.05) is 41.9 Å². The van der Waals surface area contributed by atoms with E-state index in [0.29, 0.717) is 0 Å². The predicted octanol–water partition coefficient (Wildman–Crippen LogP) is 5.18. The highest BCUT2D eigenvalue weighted by atomic mass is 35.5. The minimum absolute atomic E-state index is 0.123. The Morgan fingerprint density at radius 2 is 1.90 bits per heavy atom.